The number of aliphatic hydroxyl groups excluding tert-OH is 1. The number of hydrogen-bond donors (Lipinski definition) is 3. The van der Waals surface area contributed by atoms with Gasteiger partial charge in [0.15, 0.2) is 6.23 Å². The molecule has 2 saturated heterocycles. The monoisotopic (exact) mass is 395 g/mol. The first-order chi connectivity index (χ1) is 14.1. The number of ether oxygens (including phenoxy) is 2. The molecular formula is C19H17N5O5. The molecule has 0 spiro atoms. The van der Waals surface area contributed by atoms with Crippen LogP contribution in [0.25, 0.3) is 11.0 Å². The van der Waals surface area contributed by atoms with E-state index in [4.69, 9.17) is 15.2 Å². The number of carbonyl (C=O) groups excluding carboxylic acids is 2. The van der Waals surface area contributed by atoms with Crippen molar-refractivity contribution in [2.75, 3.05) is 11.9 Å². The molecule has 10 nitrogen and oxygen atoms in total. The Morgan fingerprint density at radius 1 is 1.17 bits per heavy atom. The summed E-state index contributed by atoms with van der Waals surface area (Å²) in [5.41, 5.74) is 6.53. The van der Waals surface area contributed by atoms with Crippen LogP contribution in [-0.2, 0) is 9.47 Å². The Hall–Kier alpha value is -3.34. The lowest BCUT2D eigenvalue weighted by molar-refractivity contribution is -0.0821. The largest absolute Gasteiger partial charge is 0.394 e. The molecule has 0 radical (unpaired) electrons. The van der Waals surface area contributed by atoms with Gasteiger partial charge in [-0.25, -0.2) is 9.97 Å². The summed E-state index contributed by atoms with van der Waals surface area (Å²) >= 11 is 0. The van der Waals surface area contributed by atoms with Gasteiger partial charge in [-0.15, -0.1) is 0 Å². The van der Waals surface area contributed by atoms with Gasteiger partial charge in [0.1, 0.15) is 36.1 Å². The first kappa shape index (κ1) is 17.7. The van der Waals surface area contributed by atoms with Gasteiger partial charge in [0.05, 0.1) is 17.6 Å². The lowest BCUT2D eigenvalue weighted by Gasteiger charge is -2.18. The number of nitrogens with zero attached hydrogens (tertiary/aromatic N) is 3. The quantitative estimate of drug-likeness (QED) is 0.532. The van der Waals surface area contributed by atoms with E-state index >= 15 is 0 Å². The van der Waals surface area contributed by atoms with E-state index in [0.29, 0.717) is 16.6 Å². The minimum atomic E-state index is -0.691. The number of rotatable bonds is 5. The average molecular weight is 395 g/mol. The fourth-order valence-corrected chi connectivity index (χ4v) is 3.70. The molecule has 4 atom stereocenters. The molecule has 4 N–H and O–H groups in total. The van der Waals surface area contributed by atoms with Gasteiger partial charge in [-0.3, -0.25) is 9.59 Å². The Morgan fingerprint density at radius 2 is 1.97 bits per heavy atom. The van der Waals surface area contributed by atoms with E-state index in [2.05, 4.69) is 15.3 Å². The van der Waals surface area contributed by atoms with Gasteiger partial charge in [0.25, 0.3) is 11.8 Å². The summed E-state index contributed by atoms with van der Waals surface area (Å²) < 4.78 is 13.0. The van der Waals surface area contributed by atoms with Gasteiger partial charge >= 0.3 is 0 Å². The van der Waals surface area contributed by atoms with E-state index in [-0.39, 0.29) is 36.1 Å². The maximum Gasteiger partial charge on any atom is 0.256 e. The van der Waals surface area contributed by atoms with Crippen LogP contribution in [0.5, 0.6) is 0 Å². The summed E-state index contributed by atoms with van der Waals surface area (Å²) in [5, 5.41) is 12.5. The molecule has 0 bridgehead atoms. The summed E-state index contributed by atoms with van der Waals surface area (Å²) in [5.74, 6) is -0.901. The zero-order chi connectivity index (χ0) is 20.1. The van der Waals surface area contributed by atoms with Crippen LogP contribution in [0.4, 0.5) is 5.82 Å². The second kappa shape index (κ2) is 6.62. The summed E-state index contributed by atoms with van der Waals surface area (Å²) in [6.07, 6.45) is 1.34. The second-order valence-corrected chi connectivity index (χ2v) is 6.87. The number of carbonyl (C=O) groups is 2. The zero-order valence-corrected chi connectivity index (χ0v) is 15.1. The van der Waals surface area contributed by atoms with Crippen molar-refractivity contribution in [2.45, 2.75) is 24.5 Å². The van der Waals surface area contributed by atoms with Crippen molar-refractivity contribution in [3.05, 3.63) is 54.0 Å². The van der Waals surface area contributed by atoms with Crippen molar-refractivity contribution >= 4 is 28.7 Å². The van der Waals surface area contributed by atoms with Gasteiger partial charge in [-0.2, -0.15) is 0 Å². The Kier molecular flexibility index (Phi) is 4.05. The molecule has 10 heteroatoms. The van der Waals surface area contributed by atoms with Gasteiger partial charge in [0.2, 0.25) is 0 Å². The predicted octanol–water partition coefficient (Wildman–Crippen LogP) is 0.440. The van der Waals surface area contributed by atoms with Gasteiger partial charge < -0.3 is 30.2 Å². The maximum absolute atomic E-state index is 12.6. The molecule has 0 saturated carbocycles. The van der Waals surface area contributed by atoms with Crippen LogP contribution in [0, 0.1) is 0 Å². The van der Waals surface area contributed by atoms with Crippen LogP contribution in [0.3, 0.4) is 0 Å². The van der Waals surface area contributed by atoms with Crippen LogP contribution in [0.2, 0.25) is 0 Å². The molecule has 2 aliphatic heterocycles. The molecular weight excluding hydrogens is 378 g/mol. The summed E-state index contributed by atoms with van der Waals surface area (Å²) in [7, 11) is 0. The first-order valence-corrected chi connectivity index (χ1v) is 9.02. The number of aliphatic hydroxyl groups is 1. The van der Waals surface area contributed by atoms with E-state index in [1.54, 1.807) is 34.9 Å². The lowest BCUT2D eigenvalue weighted by Crippen LogP contribution is -2.22. The molecule has 5 rings (SSSR count). The second-order valence-electron chi connectivity index (χ2n) is 6.87. The molecule has 3 aromatic rings. The number of hydrogen-bond acceptors (Lipinski definition) is 7. The number of primary amides is 1. The van der Waals surface area contributed by atoms with Crippen LogP contribution in [0.1, 0.15) is 26.9 Å². The first-order valence-electron chi connectivity index (χ1n) is 9.02. The van der Waals surface area contributed by atoms with Crippen molar-refractivity contribution in [3.8, 4) is 0 Å². The van der Waals surface area contributed by atoms with E-state index in [1.807, 2.05) is 0 Å². The number of epoxide rings is 1. The molecule has 148 valence electrons. The third-order valence-electron chi connectivity index (χ3n) is 5.12. The SMILES string of the molecule is NC(=O)c1cn(C2OC(CO)C3OC32)c2ncnc(NC(=O)c3ccccc3)c12. The minimum Gasteiger partial charge on any atom is -0.394 e. The normalized spacial score (nSPS) is 25.0. The number of benzene rings is 1. The molecule has 2 amide bonds. The lowest BCUT2D eigenvalue weighted by atomic mass is 10.2. The fraction of sp³-hybridized carbons (Fsp3) is 0.263. The highest BCUT2D eigenvalue weighted by molar-refractivity contribution is 6.13. The molecule has 2 aliphatic rings. The van der Waals surface area contributed by atoms with Gasteiger partial charge in [-0.05, 0) is 12.1 Å². The van der Waals surface area contributed by atoms with Gasteiger partial charge in [0, 0.05) is 11.8 Å². The van der Waals surface area contributed by atoms with Crippen molar-refractivity contribution in [2.24, 2.45) is 5.73 Å². The third-order valence-corrected chi connectivity index (χ3v) is 5.12. The number of aromatic nitrogens is 3. The van der Waals surface area contributed by atoms with Gasteiger partial charge in [-0.1, -0.05) is 18.2 Å². The van der Waals surface area contributed by atoms with Crippen LogP contribution in [-0.4, -0.2) is 56.4 Å². The van der Waals surface area contributed by atoms with Crippen molar-refractivity contribution in [1.82, 2.24) is 14.5 Å². The molecule has 4 heterocycles. The number of anilines is 1. The van der Waals surface area contributed by atoms with E-state index in [0.717, 1.165) is 0 Å². The number of nitrogens with two attached hydrogens (primary N) is 1. The highest BCUT2D eigenvalue weighted by Crippen LogP contribution is 2.46. The molecule has 2 fully saturated rings. The molecule has 29 heavy (non-hydrogen) atoms. The zero-order valence-electron chi connectivity index (χ0n) is 15.1. The standard InChI is InChI=1S/C19H17N5O5/c20-15(26)10-6-24(19-14-13(29-14)11(7-25)28-19)17-12(10)16(21-8-22-17)23-18(27)9-4-2-1-3-5-9/h1-6,8,11,13-14,19,25H,7H2,(H2,20,26)(H,21,22,23,27). The van der Waals surface area contributed by atoms with Crippen LogP contribution in [0.15, 0.2) is 42.9 Å². The van der Waals surface area contributed by atoms with E-state index < -0.39 is 18.2 Å². The highest BCUT2D eigenvalue weighted by Gasteiger charge is 2.59. The number of nitrogens with one attached hydrogen (secondary N) is 1. The minimum absolute atomic E-state index is 0.150. The number of fused-ring (bicyclic) bond motifs is 2. The van der Waals surface area contributed by atoms with Crippen LogP contribution >= 0.6 is 0 Å². The highest BCUT2D eigenvalue weighted by atomic mass is 16.7. The topological polar surface area (TPSA) is 145 Å². The summed E-state index contributed by atoms with van der Waals surface area (Å²) in [4.78, 5) is 33.1. The Balaban J connectivity index is 1.57. The summed E-state index contributed by atoms with van der Waals surface area (Å²) in [6.45, 7) is -0.174. The molecule has 2 aromatic heterocycles. The number of amides is 2. The molecule has 0 aliphatic carbocycles. The van der Waals surface area contributed by atoms with Crippen LogP contribution < -0.4 is 11.1 Å². The average Bonchev–Trinajstić information content (AvgIpc) is 3.29. The summed E-state index contributed by atoms with van der Waals surface area (Å²) in [6, 6.07) is 8.63. The maximum atomic E-state index is 12.6. The fourth-order valence-electron chi connectivity index (χ4n) is 3.70. The van der Waals surface area contributed by atoms with E-state index in [9.17, 15) is 14.7 Å². The van der Waals surface area contributed by atoms with Crippen molar-refractivity contribution in [1.29, 1.82) is 0 Å². The Morgan fingerprint density at radius 3 is 2.66 bits per heavy atom. The molecule has 1 aromatic carbocycles. The van der Waals surface area contributed by atoms with Crippen molar-refractivity contribution in [3.63, 3.8) is 0 Å². The Labute approximate surface area is 164 Å². The van der Waals surface area contributed by atoms with E-state index in [1.165, 1.54) is 12.5 Å². The Bertz CT molecular complexity index is 1110. The van der Waals surface area contributed by atoms with Crippen molar-refractivity contribution < 1.29 is 24.2 Å². The third kappa shape index (κ3) is 2.85. The predicted molar refractivity (Wildman–Crippen MR) is 100 cm³/mol. The smallest absolute Gasteiger partial charge is 0.256 e. The molecule has 4 unspecified atom stereocenters.